The molecule has 1 aliphatic heterocycles. The number of hydrogen-bond acceptors (Lipinski definition) is 3. The highest BCUT2D eigenvalue weighted by atomic mass is 16.7. The highest BCUT2D eigenvalue weighted by molar-refractivity contribution is 6.62. The molecular formula is C44H35BO3. The smallest absolute Gasteiger partial charge is 0.456 e. The normalized spacial score (nSPS) is 15.6. The van der Waals surface area contributed by atoms with Crippen molar-refractivity contribution in [1.82, 2.24) is 0 Å². The number of rotatable bonds is 4. The Morgan fingerprint density at radius 3 is 1.79 bits per heavy atom. The van der Waals surface area contributed by atoms with Crippen molar-refractivity contribution in [3.8, 4) is 33.4 Å². The minimum Gasteiger partial charge on any atom is -0.456 e. The maximum atomic E-state index is 6.50. The van der Waals surface area contributed by atoms with Gasteiger partial charge in [0, 0.05) is 10.8 Å². The number of hydrogen-bond donors (Lipinski definition) is 0. The van der Waals surface area contributed by atoms with Crippen molar-refractivity contribution < 1.29 is 13.7 Å². The first-order valence-electron chi connectivity index (χ1n) is 16.7. The van der Waals surface area contributed by atoms with E-state index in [0.717, 1.165) is 49.7 Å². The highest BCUT2D eigenvalue weighted by Crippen LogP contribution is 2.40. The second kappa shape index (κ2) is 10.7. The molecule has 0 atom stereocenters. The van der Waals surface area contributed by atoms with Gasteiger partial charge in [0.25, 0.3) is 0 Å². The summed E-state index contributed by atoms with van der Waals surface area (Å²) in [5.41, 5.74) is 8.90. The van der Waals surface area contributed by atoms with Gasteiger partial charge in [0.15, 0.2) is 0 Å². The van der Waals surface area contributed by atoms with Crippen LogP contribution in [0.3, 0.4) is 0 Å². The molecule has 7 aromatic carbocycles. The highest BCUT2D eigenvalue weighted by Gasteiger charge is 2.51. The Hall–Kier alpha value is -5.16. The van der Waals surface area contributed by atoms with Gasteiger partial charge in [-0.25, -0.2) is 0 Å². The van der Waals surface area contributed by atoms with E-state index in [9.17, 15) is 0 Å². The van der Waals surface area contributed by atoms with Gasteiger partial charge in [-0.3, -0.25) is 0 Å². The molecular weight excluding hydrogens is 587 g/mol. The van der Waals surface area contributed by atoms with Gasteiger partial charge in [-0.05, 0) is 118 Å². The van der Waals surface area contributed by atoms with Crippen LogP contribution in [0.4, 0.5) is 0 Å². The lowest BCUT2D eigenvalue weighted by atomic mass is 9.76. The predicted octanol–water partition coefficient (Wildman–Crippen LogP) is 11.2. The molecule has 1 saturated heterocycles. The molecule has 0 bridgehead atoms. The first-order valence-corrected chi connectivity index (χ1v) is 16.7. The zero-order valence-electron chi connectivity index (χ0n) is 27.6. The van der Waals surface area contributed by atoms with Gasteiger partial charge in [0.1, 0.15) is 11.2 Å². The molecule has 0 radical (unpaired) electrons. The fourth-order valence-electron chi connectivity index (χ4n) is 7.13. The third-order valence-corrected chi connectivity index (χ3v) is 10.5. The zero-order chi connectivity index (χ0) is 32.6. The number of para-hydroxylation sites is 1. The van der Waals surface area contributed by atoms with Gasteiger partial charge in [-0.2, -0.15) is 0 Å². The van der Waals surface area contributed by atoms with Gasteiger partial charge in [0.2, 0.25) is 0 Å². The van der Waals surface area contributed by atoms with Crippen LogP contribution in [0.1, 0.15) is 27.7 Å². The third-order valence-electron chi connectivity index (χ3n) is 10.5. The molecule has 4 heteroatoms. The molecule has 48 heavy (non-hydrogen) atoms. The Labute approximate surface area is 280 Å². The van der Waals surface area contributed by atoms with E-state index in [4.69, 9.17) is 13.7 Å². The molecule has 0 spiro atoms. The molecule has 1 aliphatic rings. The van der Waals surface area contributed by atoms with Crippen molar-refractivity contribution in [1.29, 1.82) is 0 Å². The molecule has 8 aromatic rings. The van der Waals surface area contributed by atoms with Crippen LogP contribution in [-0.2, 0) is 9.31 Å². The summed E-state index contributed by atoms with van der Waals surface area (Å²) in [6.07, 6.45) is 0. The fourth-order valence-corrected chi connectivity index (χ4v) is 7.13. The van der Waals surface area contributed by atoms with Gasteiger partial charge in [-0.15, -0.1) is 0 Å². The number of furan rings is 1. The van der Waals surface area contributed by atoms with Crippen molar-refractivity contribution in [3.05, 3.63) is 140 Å². The Bertz CT molecular complexity index is 2520. The molecule has 1 fully saturated rings. The lowest BCUT2D eigenvalue weighted by Crippen LogP contribution is -2.41. The van der Waals surface area contributed by atoms with Crippen LogP contribution in [0.5, 0.6) is 0 Å². The SMILES string of the molecule is CC1(C)OB(c2ccc(-c3ccc4c(c3)oc3ccccc34)c(-c3ccc4cc(-c5cccc6ccccc56)ccc4c3)c2)OC1(C)C. The molecule has 2 heterocycles. The fraction of sp³-hybridized carbons (Fsp3) is 0.136. The molecule has 0 aliphatic carbocycles. The quantitative estimate of drug-likeness (QED) is 0.183. The van der Waals surface area contributed by atoms with E-state index in [1.165, 1.54) is 32.7 Å². The van der Waals surface area contributed by atoms with Crippen LogP contribution in [0.15, 0.2) is 144 Å². The molecule has 9 rings (SSSR count). The minimum atomic E-state index is -0.454. The molecule has 3 nitrogen and oxygen atoms in total. The van der Waals surface area contributed by atoms with Crippen LogP contribution in [-0.4, -0.2) is 18.3 Å². The number of benzene rings is 7. The Morgan fingerprint density at radius 1 is 0.417 bits per heavy atom. The summed E-state index contributed by atoms with van der Waals surface area (Å²) in [7, 11) is -0.454. The zero-order valence-corrected chi connectivity index (χ0v) is 27.6. The topological polar surface area (TPSA) is 31.6 Å². The monoisotopic (exact) mass is 622 g/mol. The second-order valence-corrected chi connectivity index (χ2v) is 14.0. The van der Waals surface area contributed by atoms with E-state index in [1.807, 2.05) is 12.1 Å². The second-order valence-electron chi connectivity index (χ2n) is 14.0. The van der Waals surface area contributed by atoms with Gasteiger partial charge >= 0.3 is 7.12 Å². The molecule has 0 N–H and O–H groups in total. The average Bonchev–Trinajstić information content (AvgIpc) is 3.58. The van der Waals surface area contributed by atoms with Crippen molar-refractivity contribution in [2.24, 2.45) is 0 Å². The Kier molecular flexibility index (Phi) is 6.46. The van der Waals surface area contributed by atoms with Crippen LogP contribution in [0.25, 0.3) is 76.9 Å². The maximum Gasteiger partial charge on any atom is 0.494 e. The van der Waals surface area contributed by atoms with Crippen LogP contribution in [0, 0.1) is 0 Å². The van der Waals surface area contributed by atoms with E-state index in [1.54, 1.807) is 0 Å². The molecule has 1 aromatic heterocycles. The molecule has 0 amide bonds. The lowest BCUT2D eigenvalue weighted by molar-refractivity contribution is 0.00578. The van der Waals surface area contributed by atoms with E-state index in [0.29, 0.717) is 0 Å². The van der Waals surface area contributed by atoms with Crippen molar-refractivity contribution >= 4 is 56.1 Å². The van der Waals surface area contributed by atoms with Crippen LogP contribution in [0.2, 0.25) is 0 Å². The van der Waals surface area contributed by atoms with Crippen molar-refractivity contribution in [2.45, 2.75) is 38.9 Å². The number of fused-ring (bicyclic) bond motifs is 5. The third kappa shape index (κ3) is 4.67. The van der Waals surface area contributed by atoms with Gasteiger partial charge in [0.05, 0.1) is 11.2 Å². The Balaban J connectivity index is 1.18. The summed E-state index contributed by atoms with van der Waals surface area (Å²) in [5, 5.41) is 7.17. The largest absolute Gasteiger partial charge is 0.494 e. The summed E-state index contributed by atoms with van der Waals surface area (Å²) in [5.74, 6) is 0. The van der Waals surface area contributed by atoms with Gasteiger partial charge in [-0.1, -0.05) is 109 Å². The molecule has 0 saturated carbocycles. The van der Waals surface area contributed by atoms with E-state index in [2.05, 4.69) is 155 Å². The first-order chi connectivity index (χ1) is 23.2. The summed E-state index contributed by atoms with van der Waals surface area (Å²) in [6.45, 7) is 8.39. The average molecular weight is 623 g/mol. The standard InChI is InChI=1S/C44H35BO3/c1-43(2)44(3,4)48-45(47-43)34-21-23-37(33-20-22-39-38-13-7-8-15-41(38)46-42(39)26-33)40(27-34)32-19-17-29-24-31(18-16-30(29)25-32)36-14-9-11-28-10-5-6-12-35(28)36/h5-27H,1-4H3. The minimum absolute atomic E-state index is 0.423. The lowest BCUT2D eigenvalue weighted by Gasteiger charge is -2.32. The van der Waals surface area contributed by atoms with Crippen molar-refractivity contribution in [3.63, 3.8) is 0 Å². The summed E-state index contributed by atoms with van der Waals surface area (Å²) < 4.78 is 19.3. The summed E-state index contributed by atoms with van der Waals surface area (Å²) >= 11 is 0. The van der Waals surface area contributed by atoms with Gasteiger partial charge < -0.3 is 13.7 Å². The van der Waals surface area contributed by atoms with E-state index < -0.39 is 18.3 Å². The first kappa shape index (κ1) is 29.0. The predicted molar refractivity (Wildman–Crippen MR) is 201 cm³/mol. The molecule has 0 unspecified atom stereocenters. The summed E-state index contributed by atoms with van der Waals surface area (Å²) in [4.78, 5) is 0. The van der Waals surface area contributed by atoms with E-state index in [-0.39, 0.29) is 0 Å². The van der Waals surface area contributed by atoms with E-state index >= 15 is 0 Å². The molecule has 232 valence electrons. The Morgan fingerprint density at radius 2 is 1.02 bits per heavy atom. The van der Waals surface area contributed by atoms with Crippen LogP contribution >= 0.6 is 0 Å². The summed E-state index contributed by atoms with van der Waals surface area (Å²) in [6, 6.07) is 50.0. The van der Waals surface area contributed by atoms with Crippen LogP contribution < -0.4 is 5.46 Å². The maximum absolute atomic E-state index is 6.50. The van der Waals surface area contributed by atoms with Crippen molar-refractivity contribution in [2.75, 3.05) is 0 Å².